The molecule has 0 bridgehead atoms. The van der Waals surface area contributed by atoms with Gasteiger partial charge in [-0.25, -0.2) is 8.42 Å². The summed E-state index contributed by atoms with van der Waals surface area (Å²) in [7, 11) is -1.39. The van der Waals surface area contributed by atoms with E-state index in [9.17, 15) is 13.2 Å². The maximum absolute atomic E-state index is 13.4. The van der Waals surface area contributed by atoms with E-state index in [1.54, 1.807) is 22.8 Å². The molecule has 4 rings (SSSR count). The van der Waals surface area contributed by atoms with Crippen LogP contribution in [0.3, 0.4) is 0 Å². The Hall–Kier alpha value is -2.93. The molecular weight excluding hydrogens is 410 g/mol. The fourth-order valence-electron chi connectivity index (χ4n) is 3.90. The minimum absolute atomic E-state index is 0.0204. The van der Waals surface area contributed by atoms with E-state index in [1.807, 2.05) is 38.1 Å². The van der Waals surface area contributed by atoms with Crippen LogP contribution in [0.5, 0.6) is 0 Å². The molecule has 1 aromatic heterocycles. The largest absolute Gasteiger partial charge is 0.338 e. The van der Waals surface area contributed by atoms with Crippen molar-refractivity contribution in [3.63, 3.8) is 0 Å². The summed E-state index contributed by atoms with van der Waals surface area (Å²) in [5.41, 5.74) is 5.38. The Labute approximate surface area is 183 Å². The van der Waals surface area contributed by atoms with Crippen LogP contribution in [0.15, 0.2) is 54.7 Å². The topological polar surface area (TPSA) is 72.3 Å². The van der Waals surface area contributed by atoms with Gasteiger partial charge in [0.25, 0.3) is 5.91 Å². The van der Waals surface area contributed by atoms with Crippen molar-refractivity contribution in [2.75, 3.05) is 18.6 Å². The van der Waals surface area contributed by atoms with Crippen molar-refractivity contribution < 1.29 is 13.2 Å². The van der Waals surface area contributed by atoms with Gasteiger partial charge in [0.05, 0.1) is 23.6 Å². The van der Waals surface area contributed by atoms with Gasteiger partial charge < -0.3 is 4.90 Å². The molecule has 1 saturated heterocycles. The van der Waals surface area contributed by atoms with Crippen LogP contribution in [0.1, 0.15) is 33.5 Å². The molecule has 0 N–H and O–H groups in total. The van der Waals surface area contributed by atoms with Crippen molar-refractivity contribution in [2.24, 2.45) is 0 Å². The van der Waals surface area contributed by atoms with Crippen LogP contribution in [0.2, 0.25) is 0 Å². The number of hydrogen-bond acceptors (Lipinski definition) is 4. The highest BCUT2D eigenvalue weighted by molar-refractivity contribution is 7.91. The monoisotopic (exact) mass is 437 g/mol. The van der Waals surface area contributed by atoms with Crippen LogP contribution in [-0.2, 0) is 16.4 Å². The molecule has 1 atom stereocenters. The molecule has 1 aliphatic heterocycles. The molecule has 7 heteroatoms. The molecule has 0 spiro atoms. The summed E-state index contributed by atoms with van der Waals surface area (Å²) in [5, 5.41) is 4.74. The predicted octanol–water partition coefficient (Wildman–Crippen LogP) is 3.47. The molecule has 6 nitrogen and oxygen atoms in total. The van der Waals surface area contributed by atoms with Crippen molar-refractivity contribution in [1.82, 2.24) is 14.7 Å². The fraction of sp³-hybridized carbons (Fsp3) is 0.333. The number of carbonyl (C=O) groups excluding carboxylic acids is 1. The minimum atomic E-state index is -3.08. The highest BCUT2D eigenvalue weighted by Crippen LogP contribution is 2.26. The van der Waals surface area contributed by atoms with Gasteiger partial charge in [0.15, 0.2) is 9.84 Å². The second kappa shape index (κ2) is 8.30. The lowest BCUT2D eigenvalue weighted by Crippen LogP contribution is -2.37. The molecule has 0 saturated carbocycles. The molecule has 2 aromatic carbocycles. The first-order valence-electron chi connectivity index (χ1n) is 10.4. The zero-order valence-electron chi connectivity index (χ0n) is 18.1. The Morgan fingerprint density at radius 1 is 1.06 bits per heavy atom. The van der Waals surface area contributed by atoms with Gasteiger partial charge in [0.1, 0.15) is 5.69 Å². The maximum atomic E-state index is 13.4. The van der Waals surface area contributed by atoms with E-state index in [0.717, 1.165) is 16.7 Å². The number of rotatable bonds is 5. The van der Waals surface area contributed by atoms with Crippen LogP contribution in [0.25, 0.3) is 11.3 Å². The minimum Gasteiger partial charge on any atom is -0.338 e. The van der Waals surface area contributed by atoms with Gasteiger partial charge in [-0.2, -0.15) is 5.10 Å². The molecule has 0 unspecified atom stereocenters. The summed E-state index contributed by atoms with van der Waals surface area (Å²) >= 11 is 0. The Kier molecular flexibility index (Phi) is 5.71. The number of hydrogen-bond donors (Lipinski definition) is 0. The zero-order valence-corrected chi connectivity index (χ0v) is 18.9. The molecular formula is C24H27N3O3S. The van der Waals surface area contributed by atoms with Gasteiger partial charge in [-0.1, -0.05) is 59.7 Å². The van der Waals surface area contributed by atoms with Crippen molar-refractivity contribution in [3.8, 4) is 11.3 Å². The molecule has 2 heterocycles. The smallest absolute Gasteiger partial charge is 0.257 e. The van der Waals surface area contributed by atoms with E-state index >= 15 is 0 Å². The Bertz CT molecular complexity index is 1200. The quantitative estimate of drug-likeness (QED) is 0.613. The number of amides is 1. The lowest BCUT2D eigenvalue weighted by atomic mass is 10.1. The standard InChI is InChI=1S/C24H27N3O3S/c1-17-4-8-19(9-5-17)14-27-15-22(23(25-27)20-10-6-18(2)7-11-20)24(28)26(3)21-12-13-31(29,30)16-21/h4-11,15,21H,12-14,16H2,1-3H3/t21-/m1/s1. The number of carbonyl (C=O) groups is 1. The van der Waals surface area contributed by atoms with Crippen LogP contribution in [0.4, 0.5) is 0 Å². The van der Waals surface area contributed by atoms with E-state index in [-0.39, 0.29) is 23.5 Å². The number of benzene rings is 2. The van der Waals surface area contributed by atoms with Crippen molar-refractivity contribution in [3.05, 3.63) is 77.0 Å². The van der Waals surface area contributed by atoms with Gasteiger partial charge in [-0.05, 0) is 25.8 Å². The second-order valence-electron chi connectivity index (χ2n) is 8.41. The van der Waals surface area contributed by atoms with Crippen molar-refractivity contribution >= 4 is 15.7 Å². The average Bonchev–Trinajstić information content (AvgIpc) is 3.32. The molecule has 0 aliphatic carbocycles. The SMILES string of the molecule is Cc1ccc(Cn2cc(C(=O)N(C)[C@@H]3CCS(=O)(=O)C3)c(-c3ccc(C)cc3)n2)cc1. The van der Waals surface area contributed by atoms with E-state index in [2.05, 4.69) is 24.3 Å². The Morgan fingerprint density at radius 3 is 2.26 bits per heavy atom. The number of sulfone groups is 1. The van der Waals surface area contributed by atoms with Crippen LogP contribution < -0.4 is 0 Å². The second-order valence-corrected chi connectivity index (χ2v) is 10.6. The first-order chi connectivity index (χ1) is 14.7. The lowest BCUT2D eigenvalue weighted by Gasteiger charge is -2.23. The van der Waals surface area contributed by atoms with E-state index in [4.69, 9.17) is 5.10 Å². The predicted molar refractivity (Wildman–Crippen MR) is 122 cm³/mol. The van der Waals surface area contributed by atoms with Gasteiger partial charge in [0.2, 0.25) is 0 Å². The molecule has 1 fully saturated rings. The third-order valence-corrected chi connectivity index (χ3v) is 7.61. The molecule has 1 amide bonds. The summed E-state index contributed by atoms with van der Waals surface area (Å²) in [4.78, 5) is 15.0. The summed E-state index contributed by atoms with van der Waals surface area (Å²) in [6, 6.07) is 15.8. The fourth-order valence-corrected chi connectivity index (χ4v) is 5.68. The Morgan fingerprint density at radius 2 is 1.68 bits per heavy atom. The molecule has 162 valence electrons. The molecule has 0 radical (unpaired) electrons. The van der Waals surface area contributed by atoms with Gasteiger partial charge >= 0.3 is 0 Å². The van der Waals surface area contributed by atoms with E-state index < -0.39 is 9.84 Å². The van der Waals surface area contributed by atoms with Gasteiger partial charge in [-0.15, -0.1) is 0 Å². The molecule has 1 aliphatic rings. The number of aryl methyl sites for hydroxylation is 2. The summed E-state index contributed by atoms with van der Waals surface area (Å²) < 4.78 is 25.6. The normalized spacial score (nSPS) is 17.6. The highest BCUT2D eigenvalue weighted by Gasteiger charge is 2.34. The van der Waals surface area contributed by atoms with Crippen LogP contribution in [0, 0.1) is 13.8 Å². The van der Waals surface area contributed by atoms with E-state index in [1.165, 1.54) is 5.56 Å². The van der Waals surface area contributed by atoms with Gasteiger partial charge in [0, 0.05) is 24.8 Å². The summed E-state index contributed by atoms with van der Waals surface area (Å²) in [5.74, 6) is -0.0489. The Balaban J connectivity index is 1.68. The van der Waals surface area contributed by atoms with Crippen molar-refractivity contribution in [1.29, 1.82) is 0 Å². The third-order valence-electron chi connectivity index (χ3n) is 5.86. The van der Waals surface area contributed by atoms with E-state index in [0.29, 0.717) is 24.2 Å². The molecule has 31 heavy (non-hydrogen) atoms. The summed E-state index contributed by atoms with van der Waals surface area (Å²) in [6.07, 6.45) is 2.25. The van der Waals surface area contributed by atoms with Crippen molar-refractivity contribution in [2.45, 2.75) is 32.9 Å². The van der Waals surface area contributed by atoms with Crippen LogP contribution >= 0.6 is 0 Å². The average molecular weight is 438 g/mol. The number of aromatic nitrogens is 2. The lowest BCUT2D eigenvalue weighted by molar-refractivity contribution is 0.0748. The van der Waals surface area contributed by atoms with Crippen LogP contribution in [-0.4, -0.2) is 53.6 Å². The number of nitrogens with zero attached hydrogens (tertiary/aromatic N) is 3. The summed E-state index contributed by atoms with van der Waals surface area (Å²) in [6.45, 7) is 4.61. The highest BCUT2D eigenvalue weighted by atomic mass is 32.2. The third kappa shape index (κ3) is 4.71. The first-order valence-corrected chi connectivity index (χ1v) is 12.2. The maximum Gasteiger partial charge on any atom is 0.257 e. The molecule has 3 aromatic rings. The zero-order chi connectivity index (χ0) is 22.2. The van der Waals surface area contributed by atoms with Gasteiger partial charge in [-0.3, -0.25) is 9.48 Å². The first kappa shape index (κ1) is 21.3.